The standard InChI is InChI=1S/C15H16F3N3O3/c1-4-24-11-6-9(2)5-10(7-11)21-13(20(3)14(22)23)8-12(19-21)15(16,17)18/h5-8H,4H2,1-3H3,(H,22,23). The minimum Gasteiger partial charge on any atom is -0.494 e. The van der Waals surface area contributed by atoms with Crippen LogP contribution in [0.15, 0.2) is 24.3 Å². The summed E-state index contributed by atoms with van der Waals surface area (Å²) >= 11 is 0. The molecule has 0 saturated heterocycles. The van der Waals surface area contributed by atoms with Crippen LogP contribution in [0.4, 0.5) is 23.8 Å². The van der Waals surface area contributed by atoms with Crippen molar-refractivity contribution >= 4 is 11.9 Å². The normalized spacial score (nSPS) is 11.4. The fourth-order valence-electron chi connectivity index (χ4n) is 2.14. The van der Waals surface area contributed by atoms with Crippen molar-refractivity contribution in [3.63, 3.8) is 0 Å². The molecule has 0 aliphatic carbocycles. The number of ether oxygens (including phenoxy) is 1. The SMILES string of the molecule is CCOc1cc(C)cc(-n2nc(C(F)(F)F)cc2N(C)C(=O)O)c1. The maximum atomic E-state index is 13.0. The first-order chi connectivity index (χ1) is 11.1. The lowest BCUT2D eigenvalue weighted by Crippen LogP contribution is -2.26. The molecule has 0 radical (unpaired) electrons. The van der Waals surface area contributed by atoms with E-state index in [9.17, 15) is 18.0 Å². The molecule has 1 amide bonds. The van der Waals surface area contributed by atoms with Crippen molar-refractivity contribution in [2.24, 2.45) is 0 Å². The molecule has 6 nitrogen and oxygen atoms in total. The molecule has 0 aliphatic rings. The summed E-state index contributed by atoms with van der Waals surface area (Å²) in [4.78, 5) is 11.8. The van der Waals surface area contributed by atoms with Crippen molar-refractivity contribution in [3.8, 4) is 11.4 Å². The van der Waals surface area contributed by atoms with E-state index in [4.69, 9.17) is 9.84 Å². The molecule has 0 bridgehead atoms. The van der Waals surface area contributed by atoms with Gasteiger partial charge in [-0.25, -0.2) is 9.48 Å². The molecule has 0 spiro atoms. The van der Waals surface area contributed by atoms with E-state index in [-0.39, 0.29) is 11.5 Å². The van der Waals surface area contributed by atoms with Crippen LogP contribution in [-0.2, 0) is 6.18 Å². The second-order valence-corrected chi connectivity index (χ2v) is 5.08. The van der Waals surface area contributed by atoms with Crippen LogP contribution in [0.5, 0.6) is 5.75 Å². The van der Waals surface area contributed by atoms with Crippen molar-refractivity contribution < 1.29 is 27.8 Å². The predicted molar refractivity (Wildman–Crippen MR) is 80.9 cm³/mol. The predicted octanol–water partition coefficient (Wildman–Crippen LogP) is 3.71. The Balaban J connectivity index is 2.64. The Morgan fingerprint density at radius 1 is 1.33 bits per heavy atom. The number of aryl methyl sites for hydroxylation is 1. The van der Waals surface area contributed by atoms with E-state index in [2.05, 4.69) is 5.10 Å². The molecule has 0 atom stereocenters. The molecular formula is C15H16F3N3O3. The summed E-state index contributed by atoms with van der Waals surface area (Å²) < 4.78 is 45.2. The van der Waals surface area contributed by atoms with Crippen LogP contribution in [0.1, 0.15) is 18.2 Å². The lowest BCUT2D eigenvalue weighted by molar-refractivity contribution is -0.141. The van der Waals surface area contributed by atoms with Crippen molar-refractivity contribution in [1.82, 2.24) is 9.78 Å². The van der Waals surface area contributed by atoms with Gasteiger partial charge in [0.2, 0.25) is 0 Å². The molecule has 2 rings (SSSR count). The molecular weight excluding hydrogens is 327 g/mol. The molecule has 9 heteroatoms. The summed E-state index contributed by atoms with van der Waals surface area (Å²) in [6.45, 7) is 3.92. The zero-order valence-electron chi connectivity index (χ0n) is 13.3. The monoisotopic (exact) mass is 343 g/mol. The van der Waals surface area contributed by atoms with E-state index in [0.29, 0.717) is 23.3 Å². The van der Waals surface area contributed by atoms with Gasteiger partial charge in [-0.1, -0.05) is 0 Å². The molecule has 1 aromatic carbocycles. The number of carboxylic acid groups (broad SMARTS) is 1. The van der Waals surface area contributed by atoms with Gasteiger partial charge < -0.3 is 9.84 Å². The number of anilines is 1. The summed E-state index contributed by atoms with van der Waals surface area (Å²) in [6.07, 6.45) is -6.09. The maximum absolute atomic E-state index is 13.0. The first-order valence-corrected chi connectivity index (χ1v) is 7.02. The fourth-order valence-corrected chi connectivity index (χ4v) is 2.14. The van der Waals surface area contributed by atoms with Gasteiger partial charge >= 0.3 is 12.3 Å². The fraction of sp³-hybridized carbons (Fsp3) is 0.333. The molecule has 2 aromatic rings. The highest BCUT2D eigenvalue weighted by atomic mass is 19.4. The van der Waals surface area contributed by atoms with Gasteiger partial charge in [-0.2, -0.15) is 18.3 Å². The van der Waals surface area contributed by atoms with E-state index in [1.165, 1.54) is 6.07 Å². The van der Waals surface area contributed by atoms with E-state index < -0.39 is 18.0 Å². The number of hydrogen-bond donors (Lipinski definition) is 1. The Labute approximate surface area is 136 Å². The second kappa shape index (κ2) is 6.42. The van der Waals surface area contributed by atoms with E-state index in [1.807, 2.05) is 0 Å². The summed E-state index contributed by atoms with van der Waals surface area (Å²) in [7, 11) is 1.15. The van der Waals surface area contributed by atoms with Crippen molar-refractivity contribution in [2.45, 2.75) is 20.0 Å². The number of amides is 1. The largest absolute Gasteiger partial charge is 0.494 e. The van der Waals surface area contributed by atoms with Crippen LogP contribution in [0.3, 0.4) is 0 Å². The van der Waals surface area contributed by atoms with Gasteiger partial charge in [-0.05, 0) is 31.5 Å². The van der Waals surface area contributed by atoms with Gasteiger partial charge in [0.1, 0.15) is 11.6 Å². The highest BCUT2D eigenvalue weighted by Gasteiger charge is 2.36. The van der Waals surface area contributed by atoms with E-state index >= 15 is 0 Å². The van der Waals surface area contributed by atoms with Gasteiger partial charge in [0.25, 0.3) is 0 Å². The smallest absolute Gasteiger partial charge is 0.435 e. The molecule has 0 unspecified atom stereocenters. The lowest BCUT2D eigenvalue weighted by Gasteiger charge is -2.16. The molecule has 24 heavy (non-hydrogen) atoms. The van der Waals surface area contributed by atoms with Gasteiger partial charge in [-0.3, -0.25) is 4.90 Å². The van der Waals surface area contributed by atoms with Gasteiger partial charge in [0, 0.05) is 19.2 Å². The molecule has 0 fully saturated rings. The minimum atomic E-state index is -4.69. The van der Waals surface area contributed by atoms with Gasteiger partial charge in [0.15, 0.2) is 5.69 Å². The van der Waals surface area contributed by atoms with Crippen LogP contribution < -0.4 is 9.64 Å². The Bertz CT molecular complexity index is 756. The van der Waals surface area contributed by atoms with Gasteiger partial charge in [0.05, 0.1) is 12.3 Å². The Morgan fingerprint density at radius 3 is 2.54 bits per heavy atom. The summed E-state index contributed by atoms with van der Waals surface area (Å²) in [5.74, 6) is 0.239. The number of halogens is 3. The molecule has 1 N–H and O–H groups in total. The van der Waals surface area contributed by atoms with Crippen LogP contribution in [0, 0.1) is 6.92 Å². The number of carbonyl (C=O) groups is 1. The average molecular weight is 343 g/mol. The Morgan fingerprint density at radius 2 is 2.00 bits per heavy atom. The van der Waals surface area contributed by atoms with Crippen molar-refractivity contribution in [1.29, 1.82) is 0 Å². The highest BCUT2D eigenvalue weighted by Crippen LogP contribution is 2.33. The first-order valence-electron chi connectivity index (χ1n) is 7.02. The third-order valence-corrected chi connectivity index (χ3v) is 3.20. The lowest BCUT2D eigenvalue weighted by atomic mass is 10.2. The van der Waals surface area contributed by atoms with Crippen molar-refractivity contribution in [3.05, 3.63) is 35.5 Å². The number of alkyl halides is 3. The van der Waals surface area contributed by atoms with Crippen molar-refractivity contribution in [2.75, 3.05) is 18.6 Å². The van der Waals surface area contributed by atoms with Crippen LogP contribution in [-0.4, -0.2) is 34.6 Å². The summed E-state index contributed by atoms with van der Waals surface area (Å²) in [5.41, 5.74) is -0.161. The second-order valence-electron chi connectivity index (χ2n) is 5.08. The first kappa shape index (κ1) is 17.6. The topological polar surface area (TPSA) is 67.6 Å². The Kier molecular flexibility index (Phi) is 4.72. The maximum Gasteiger partial charge on any atom is 0.435 e. The zero-order chi connectivity index (χ0) is 18.1. The number of benzene rings is 1. The number of rotatable bonds is 4. The molecule has 0 aliphatic heterocycles. The Hall–Kier alpha value is -2.71. The minimum absolute atomic E-state index is 0.220. The molecule has 0 saturated carbocycles. The van der Waals surface area contributed by atoms with Crippen LogP contribution >= 0.6 is 0 Å². The third kappa shape index (κ3) is 3.61. The zero-order valence-corrected chi connectivity index (χ0v) is 13.3. The molecule has 1 heterocycles. The van der Waals surface area contributed by atoms with Crippen LogP contribution in [0.25, 0.3) is 5.69 Å². The number of hydrogen-bond acceptors (Lipinski definition) is 3. The molecule has 130 valence electrons. The molecule has 1 aromatic heterocycles. The average Bonchev–Trinajstić information content (AvgIpc) is 2.91. The number of nitrogens with zero attached hydrogens (tertiary/aromatic N) is 3. The quantitative estimate of drug-likeness (QED) is 0.919. The van der Waals surface area contributed by atoms with Crippen LogP contribution in [0.2, 0.25) is 0 Å². The summed E-state index contributed by atoms with van der Waals surface area (Å²) in [6, 6.07) is 5.51. The third-order valence-electron chi connectivity index (χ3n) is 3.20. The number of aromatic nitrogens is 2. The van der Waals surface area contributed by atoms with E-state index in [0.717, 1.165) is 17.3 Å². The highest BCUT2D eigenvalue weighted by molar-refractivity contribution is 5.84. The van der Waals surface area contributed by atoms with Gasteiger partial charge in [-0.15, -0.1) is 0 Å². The summed E-state index contributed by atoms with van der Waals surface area (Å²) in [5, 5.41) is 12.6. The van der Waals surface area contributed by atoms with E-state index in [1.54, 1.807) is 26.0 Å².